The first-order valence-electron chi connectivity index (χ1n) is 6.27. The molecule has 0 aliphatic carbocycles. The number of nitrogens with zero attached hydrogens (tertiary/aromatic N) is 4. The van der Waals surface area contributed by atoms with Crippen molar-refractivity contribution < 1.29 is 9.90 Å². The van der Waals surface area contributed by atoms with Crippen molar-refractivity contribution in [3.8, 4) is 11.3 Å². The minimum absolute atomic E-state index is 0.0156. The van der Waals surface area contributed by atoms with E-state index in [4.69, 9.17) is 0 Å². The van der Waals surface area contributed by atoms with E-state index in [2.05, 4.69) is 15.3 Å². The van der Waals surface area contributed by atoms with Crippen molar-refractivity contribution in [1.29, 1.82) is 0 Å². The minimum Gasteiger partial charge on any atom is -0.476 e. The van der Waals surface area contributed by atoms with Crippen molar-refractivity contribution in [2.24, 2.45) is 0 Å². The van der Waals surface area contributed by atoms with Crippen LogP contribution in [-0.2, 0) is 0 Å². The van der Waals surface area contributed by atoms with Crippen LogP contribution in [0.4, 0.5) is 0 Å². The van der Waals surface area contributed by atoms with Gasteiger partial charge in [0.25, 0.3) is 0 Å². The number of pyridine rings is 1. The number of carboxylic acid groups (broad SMARTS) is 1. The van der Waals surface area contributed by atoms with Crippen LogP contribution in [-0.4, -0.2) is 31.1 Å². The molecule has 0 aromatic carbocycles. The highest BCUT2D eigenvalue weighted by molar-refractivity contribution is 5.92. The van der Waals surface area contributed by atoms with E-state index < -0.39 is 5.97 Å². The molecule has 2 heterocycles. The fourth-order valence-electron chi connectivity index (χ4n) is 2.11. The zero-order valence-electron chi connectivity index (χ0n) is 10.9. The Morgan fingerprint density at radius 2 is 1.95 bits per heavy atom. The van der Waals surface area contributed by atoms with Crippen LogP contribution in [0.3, 0.4) is 0 Å². The molecule has 0 amide bonds. The van der Waals surface area contributed by atoms with Gasteiger partial charge in [-0.05, 0) is 25.0 Å². The Kier molecular flexibility index (Phi) is 3.89. The molecule has 0 unspecified atom stereocenters. The molecule has 6 heteroatoms. The van der Waals surface area contributed by atoms with Crippen LogP contribution in [0.5, 0.6) is 0 Å². The first kappa shape index (κ1) is 13.2. The van der Waals surface area contributed by atoms with Gasteiger partial charge in [0.15, 0.2) is 5.69 Å². The number of carboxylic acids is 1. The average Bonchev–Trinajstić information content (AvgIpc) is 2.86. The number of carbonyl (C=O) groups is 1. The first-order valence-corrected chi connectivity index (χ1v) is 6.27. The molecule has 6 nitrogen and oxygen atoms in total. The summed E-state index contributed by atoms with van der Waals surface area (Å²) in [6.45, 7) is 4.10. The molecule has 100 valence electrons. The van der Waals surface area contributed by atoms with E-state index in [9.17, 15) is 9.90 Å². The normalized spacial score (nSPS) is 10.9. The number of aromatic nitrogens is 4. The quantitative estimate of drug-likeness (QED) is 0.892. The summed E-state index contributed by atoms with van der Waals surface area (Å²) in [6, 6.07) is 3.68. The van der Waals surface area contributed by atoms with Gasteiger partial charge < -0.3 is 5.11 Å². The molecule has 0 aliphatic rings. The standard InChI is InChI=1S/C13H16N4O2/c1-3-10(4-2)17-12(9-5-7-14-8-6-9)11(13(18)19)15-16-17/h5-8,10H,3-4H2,1-2H3,(H,18,19). The van der Waals surface area contributed by atoms with Crippen molar-refractivity contribution >= 4 is 5.97 Å². The van der Waals surface area contributed by atoms with Crippen LogP contribution in [0.1, 0.15) is 43.2 Å². The number of hydrogen-bond donors (Lipinski definition) is 1. The molecule has 0 bridgehead atoms. The maximum Gasteiger partial charge on any atom is 0.358 e. The fourth-order valence-corrected chi connectivity index (χ4v) is 2.11. The predicted molar refractivity (Wildman–Crippen MR) is 69.8 cm³/mol. The Bertz CT molecular complexity index is 561. The van der Waals surface area contributed by atoms with Gasteiger partial charge in [-0.1, -0.05) is 19.1 Å². The lowest BCUT2D eigenvalue weighted by Crippen LogP contribution is -2.11. The second-order valence-corrected chi connectivity index (χ2v) is 4.24. The van der Waals surface area contributed by atoms with Gasteiger partial charge >= 0.3 is 5.97 Å². The van der Waals surface area contributed by atoms with E-state index in [1.54, 1.807) is 29.2 Å². The van der Waals surface area contributed by atoms with Gasteiger partial charge in [-0.3, -0.25) is 4.98 Å². The molecule has 0 aliphatic heterocycles. The van der Waals surface area contributed by atoms with Crippen LogP contribution in [0.15, 0.2) is 24.5 Å². The van der Waals surface area contributed by atoms with Crippen molar-refractivity contribution in [3.05, 3.63) is 30.2 Å². The summed E-state index contributed by atoms with van der Waals surface area (Å²) >= 11 is 0. The van der Waals surface area contributed by atoms with E-state index in [1.807, 2.05) is 13.8 Å². The van der Waals surface area contributed by atoms with Crippen LogP contribution in [0.2, 0.25) is 0 Å². The third kappa shape index (κ3) is 2.47. The summed E-state index contributed by atoms with van der Waals surface area (Å²) in [5.74, 6) is -1.07. The van der Waals surface area contributed by atoms with E-state index in [0.29, 0.717) is 5.69 Å². The van der Waals surface area contributed by atoms with E-state index >= 15 is 0 Å². The lowest BCUT2D eigenvalue weighted by molar-refractivity contribution is 0.0691. The zero-order valence-corrected chi connectivity index (χ0v) is 10.9. The van der Waals surface area contributed by atoms with E-state index in [1.165, 1.54) is 0 Å². The third-order valence-corrected chi connectivity index (χ3v) is 3.14. The lowest BCUT2D eigenvalue weighted by atomic mass is 10.1. The highest BCUT2D eigenvalue weighted by Gasteiger charge is 2.23. The van der Waals surface area contributed by atoms with Gasteiger partial charge in [-0.2, -0.15) is 0 Å². The van der Waals surface area contributed by atoms with E-state index in [0.717, 1.165) is 18.4 Å². The maximum absolute atomic E-state index is 11.3. The number of rotatable bonds is 5. The number of aromatic carboxylic acids is 1. The molecule has 0 atom stereocenters. The second kappa shape index (κ2) is 5.60. The topological polar surface area (TPSA) is 80.9 Å². The Morgan fingerprint density at radius 1 is 1.32 bits per heavy atom. The van der Waals surface area contributed by atoms with E-state index in [-0.39, 0.29) is 11.7 Å². The van der Waals surface area contributed by atoms with Gasteiger partial charge in [0.1, 0.15) is 5.69 Å². The Balaban J connectivity index is 2.61. The first-order chi connectivity index (χ1) is 9.19. The van der Waals surface area contributed by atoms with Crippen molar-refractivity contribution in [3.63, 3.8) is 0 Å². The summed E-state index contributed by atoms with van der Waals surface area (Å²) in [6.07, 6.45) is 5.00. The summed E-state index contributed by atoms with van der Waals surface area (Å²) in [5.41, 5.74) is 1.30. The summed E-state index contributed by atoms with van der Waals surface area (Å²) in [4.78, 5) is 15.2. The third-order valence-electron chi connectivity index (χ3n) is 3.14. The van der Waals surface area contributed by atoms with Crippen molar-refractivity contribution in [2.75, 3.05) is 0 Å². The van der Waals surface area contributed by atoms with Gasteiger partial charge in [-0.25, -0.2) is 9.48 Å². The summed E-state index contributed by atoms with van der Waals surface area (Å²) < 4.78 is 1.71. The molecular formula is C13H16N4O2. The van der Waals surface area contributed by atoms with Crippen LogP contribution in [0.25, 0.3) is 11.3 Å². The van der Waals surface area contributed by atoms with Gasteiger partial charge in [-0.15, -0.1) is 5.10 Å². The molecule has 0 radical (unpaired) electrons. The molecular weight excluding hydrogens is 244 g/mol. The van der Waals surface area contributed by atoms with Crippen LogP contribution < -0.4 is 0 Å². The SMILES string of the molecule is CCC(CC)n1nnc(C(=O)O)c1-c1ccncc1. The maximum atomic E-state index is 11.3. The van der Waals surface area contributed by atoms with Gasteiger partial charge in [0.2, 0.25) is 0 Å². The molecule has 2 rings (SSSR count). The monoisotopic (exact) mass is 260 g/mol. The Hall–Kier alpha value is -2.24. The highest BCUT2D eigenvalue weighted by Crippen LogP contribution is 2.27. The molecule has 19 heavy (non-hydrogen) atoms. The molecule has 0 saturated carbocycles. The molecule has 2 aromatic heterocycles. The Morgan fingerprint density at radius 3 is 2.47 bits per heavy atom. The zero-order chi connectivity index (χ0) is 13.8. The Labute approximate surface area is 111 Å². The lowest BCUT2D eigenvalue weighted by Gasteiger charge is -2.15. The fraction of sp³-hybridized carbons (Fsp3) is 0.385. The van der Waals surface area contributed by atoms with Gasteiger partial charge in [0, 0.05) is 18.0 Å². The largest absolute Gasteiger partial charge is 0.476 e. The van der Waals surface area contributed by atoms with Crippen molar-refractivity contribution in [1.82, 2.24) is 20.0 Å². The summed E-state index contributed by atoms with van der Waals surface area (Å²) in [5, 5.41) is 17.1. The van der Waals surface area contributed by atoms with Crippen molar-refractivity contribution in [2.45, 2.75) is 32.7 Å². The molecule has 0 spiro atoms. The predicted octanol–water partition coefficient (Wildman–Crippen LogP) is 2.40. The molecule has 1 N–H and O–H groups in total. The van der Waals surface area contributed by atoms with Crippen LogP contribution >= 0.6 is 0 Å². The molecule has 2 aromatic rings. The smallest absolute Gasteiger partial charge is 0.358 e. The minimum atomic E-state index is -1.07. The average molecular weight is 260 g/mol. The highest BCUT2D eigenvalue weighted by atomic mass is 16.4. The molecule has 0 fully saturated rings. The number of hydrogen-bond acceptors (Lipinski definition) is 4. The second-order valence-electron chi connectivity index (χ2n) is 4.24. The van der Waals surface area contributed by atoms with Crippen LogP contribution in [0, 0.1) is 0 Å². The summed E-state index contributed by atoms with van der Waals surface area (Å²) in [7, 11) is 0. The molecule has 0 saturated heterocycles. The van der Waals surface area contributed by atoms with Gasteiger partial charge in [0.05, 0.1) is 6.04 Å².